The smallest absolute Gasteiger partial charge is 0.405 e. The van der Waals surface area contributed by atoms with Gasteiger partial charge in [0.05, 0.1) is 0 Å². The van der Waals surface area contributed by atoms with Crippen LogP contribution in [-0.2, 0) is 0 Å². The van der Waals surface area contributed by atoms with Gasteiger partial charge in [-0.3, -0.25) is 0 Å². The first-order valence-corrected chi connectivity index (χ1v) is 6.32. The van der Waals surface area contributed by atoms with Gasteiger partial charge >= 0.3 is 19.1 Å². The Morgan fingerprint density at radius 3 is 1.48 bits per heavy atom. The predicted molar refractivity (Wildman–Crippen MR) is 63.7 cm³/mol. The zero-order chi connectivity index (χ0) is 19.6. The normalized spacial score (nSPS) is 14.2. The first-order chi connectivity index (χ1) is 11.1. The second-order valence-electron chi connectivity index (χ2n) is 4.49. The van der Waals surface area contributed by atoms with E-state index < -0.39 is 47.9 Å². The number of nitrogens with two attached hydrogens (primary N) is 1. The Labute approximate surface area is 134 Å². The molecule has 2 N–H and O–H groups in total. The first-order valence-electron chi connectivity index (χ1n) is 6.32. The maximum atomic E-state index is 12.4. The van der Waals surface area contributed by atoms with Crippen molar-refractivity contribution in [2.24, 2.45) is 5.73 Å². The Hall–Kier alpha value is -2.05. The quantitative estimate of drug-likeness (QED) is 0.738. The first kappa shape index (κ1) is 21.0. The lowest BCUT2D eigenvalue weighted by molar-refractivity contribution is -0.288. The highest BCUT2D eigenvalue weighted by atomic mass is 19.4. The second kappa shape index (κ2) is 7.06. The van der Waals surface area contributed by atoms with E-state index in [1.807, 2.05) is 0 Å². The Morgan fingerprint density at radius 2 is 1.12 bits per heavy atom. The molecular weight excluding hydrogens is 377 g/mol. The minimum absolute atomic E-state index is 0.0209. The van der Waals surface area contributed by atoms with Gasteiger partial charge in [0.15, 0.2) is 11.5 Å². The van der Waals surface area contributed by atoms with Crippen molar-refractivity contribution >= 4 is 0 Å². The third kappa shape index (κ3) is 7.15. The second-order valence-corrected chi connectivity index (χ2v) is 4.49. The van der Waals surface area contributed by atoms with Crippen LogP contribution in [0, 0.1) is 0 Å². The van der Waals surface area contributed by atoms with Gasteiger partial charge in [0.2, 0.25) is 0 Å². The fourth-order valence-electron chi connectivity index (χ4n) is 1.69. The van der Waals surface area contributed by atoms with Gasteiger partial charge in [-0.05, 0) is 12.5 Å². The van der Waals surface area contributed by atoms with Crippen LogP contribution in [0.1, 0.15) is 24.9 Å². The van der Waals surface area contributed by atoms with Crippen LogP contribution >= 0.6 is 0 Å². The lowest BCUT2D eigenvalue weighted by atomic mass is 10.0. The van der Waals surface area contributed by atoms with Crippen LogP contribution in [0.2, 0.25) is 0 Å². The summed E-state index contributed by atoms with van der Waals surface area (Å²) in [6.07, 6.45) is -16.3. The van der Waals surface area contributed by atoms with E-state index in [0.29, 0.717) is 0 Å². The lowest BCUT2D eigenvalue weighted by Crippen LogP contribution is -2.23. The summed E-state index contributed by atoms with van der Waals surface area (Å²) in [6, 6.07) is -1.04. The molecule has 0 aliphatic carbocycles. The fraction of sp³-hybridized carbons (Fsp3) is 0.500. The van der Waals surface area contributed by atoms with E-state index in [1.165, 1.54) is 6.92 Å². The molecule has 1 rings (SSSR count). The van der Waals surface area contributed by atoms with Crippen LogP contribution < -0.4 is 19.9 Å². The van der Waals surface area contributed by atoms with Gasteiger partial charge in [-0.1, -0.05) is 6.92 Å². The summed E-state index contributed by atoms with van der Waals surface area (Å²) < 4.78 is 121. The molecule has 144 valence electrons. The molecule has 1 unspecified atom stereocenters. The summed E-state index contributed by atoms with van der Waals surface area (Å²) in [4.78, 5) is 0. The van der Waals surface area contributed by atoms with Gasteiger partial charge in [-0.15, -0.1) is 39.5 Å². The molecule has 0 aliphatic heterocycles. The average Bonchev–Trinajstić information content (AvgIpc) is 2.35. The number of hydrogen-bond donors (Lipinski definition) is 1. The summed E-state index contributed by atoms with van der Waals surface area (Å²) in [5.74, 6) is -4.43. The molecule has 0 saturated carbocycles. The van der Waals surface area contributed by atoms with E-state index in [-0.39, 0.29) is 18.6 Å². The highest BCUT2D eigenvalue weighted by Gasteiger charge is 2.39. The topological polar surface area (TPSA) is 53.7 Å². The SMILES string of the molecule is CCC(N)c1cc(OC(F)(F)F)c(OC(F)(F)F)cc1OC(F)(F)F. The molecule has 13 heteroatoms. The van der Waals surface area contributed by atoms with Crippen LogP contribution in [0.5, 0.6) is 17.2 Å². The maximum Gasteiger partial charge on any atom is 0.573 e. The Kier molecular flexibility index (Phi) is 5.93. The highest BCUT2D eigenvalue weighted by molar-refractivity contribution is 5.52. The summed E-state index contributed by atoms with van der Waals surface area (Å²) >= 11 is 0. The summed E-state index contributed by atoms with van der Waals surface area (Å²) in [7, 11) is 0. The monoisotopic (exact) mass is 387 g/mol. The molecule has 1 aromatic carbocycles. The summed E-state index contributed by atoms with van der Waals surface area (Å²) in [5, 5.41) is 0. The van der Waals surface area contributed by atoms with E-state index in [1.54, 1.807) is 0 Å². The van der Waals surface area contributed by atoms with Crippen molar-refractivity contribution in [1.82, 2.24) is 0 Å². The van der Waals surface area contributed by atoms with Crippen molar-refractivity contribution in [2.45, 2.75) is 38.5 Å². The van der Waals surface area contributed by atoms with E-state index in [2.05, 4.69) is 14.2 Å². The molecule has 0 aromatic heterocycles. The van der Waals surface area contributed by atoms with Gasteiger partial charge < -0.3 is 19.9 Å². The lowest BCUT2D eigenvalue weighted by Gasteiger charge is -2.21. The molecule has 1 aromatic rings. The van der Waals surface area contributed by atoms with Gasteiger partial charge in [0, 0.05) is 17.7 Å². The number of hydrogen-bond acceptors (Lipinski definition) is 4. The van der Waals surface area contributed by atoms with Crippen molar-refractivity contribution in [3.8, 4) is 17.2 Å². The van der Waals surface area contributed by atoms with E-state index >= 15 is 0 Å². The minimum Gasteiger partial charge on any atom is -0.405 e. The van der Waals surface area contributed by atoms with Crippen molar-refractivity contribution in [3.05, 3.63) is 17.7 Å². The van der Waals surface area contributed by atoms with Gasteiger partial charge in [0.25, 0.3) is 0 Å². The van der Waals surface area contributed by atoms with Gasteiger partial charge in [-0.2, -0.15) is 0 Å². The fourth-order valence-corrected chi connectivity index (χ4v) is 1.69. The average molecular weight is 387 g/mol. The molecule has 0 aliphatic rings. The van der Waals surface area contributed by atoms with Crippen LogP contribution in [0.4, 0.5) is 39.5 Å². The molecular formula is C12H10F9NO3. The molecule has 0 saturated heterocycles. The molecule has 25 heavy (non-hydrogen) atoms. The van der Waals surface area contributed by atoms with Crippen LogP contribution in [0.3, 0.4) is 0 Å². The predicted octanol–water partition coefficient (Wildman–Crippen LogP) is 4.79. The molecule has 4 nitrogen and oxygen atoms in total. The molecule has 1 atom stereocenters. The third-order valence-electron chi connectivity index (χ3n) is 2.59. The summed E-state index contributed by atoms with van der Waals surface area (Å²) in [5.41, 5.74) is 4.83. The van der Waals surface area contributed by atoms with E-state index in [9.17, 15) is 39.5 Å². The molecule has 0 spiro atoms. The van der Waals surface area contributed by atoms with Crippen LogP contribution in [-0.4, -0.2) is 19.1 Å². The van der Waals surface area contributed by atoms with Crippen molar-refractivity contribution < 1.29 is 53.7 Å². The number of alkyl halides is 9. The maximum absolute atomic E-state index is 12.4. The molecule has 0 amide bonds. The van der Waals surface area contributed by atoms with E-state index in [0.717, 1.165) is 0 Å². The standard InChI is InChI=1S/C12H10F9NO3/c1-2-6(22)5-3-8(24-11(16,17)18)9(25-12(19,20)21)4-7(5)23-10(13,14)15/h3-4,6H,2,22H2,1H3. The Balaban J connectivity index is 3.52. The molecule has 0 heterocycles. The Morgan fingerprint density at radius 1 is 0.760 bits per heavy atom. The van der Waals surface area contributed by atoms with E-state index in [4.69, 9.17) is 5.73 Å². The van der Waals surface area contributed by atoms with Crippen molar-refractivity contribution in [3.63, 3.8) is 0 Å². The van der Waals surface area contributed by atoms with Crippen LogP contribution in [0.15, 0.2) is 12.1 Å². The van der Waals surface area contributed by atoms with Gasteiger partial charge in [0.1, 0.15) is 5.75 Å². The minimum atomic E-state index is -5.49. The van der Waals surface area contributed by atoms with Gasteiger partial charge in [-0.25, -0.2) is 0 Å². The van der Waals surface area contributed by atoms with Crippen molar-refractivity contribution in [2.75, 3.05) is 0 Å². The number of rotatable bonds is 5. The molecule has 0 radical (unpaired) electrons. The molecule has 0 fully saturated rings. The highest BCUT2D eigenvalue weighted by Crippen LogP contribution is 2.43. The zero-order valence-corrected chi connectivity index (χ0v) is 12.1. The largest absolute Gasteiger partial charge is 0.573 e. The Bertz CT molecular complexity index is 595. The third-order valence-corrected chi connectivity index (χ3v) is 2.59. The number of benzene rings is 1. The van der Waals surface area contributed by atoms with Crippen LogP contribution in [0.25, 0.3) is 0 Å². The van der Waals surface area contributed by atoms with Crippen molar-refractivity contribution in [1.29, 1.82) is 0 Å². The number of halogens is 9. The summed E-state index contributed by atoms with van der Waals surface area (Å²) in [6.45, 7) is 1.38. The molecule has 0 bridgehead atoms. The number of ether oxygens (including phenoxy) is 3. The zero-order valence-electron chi connectivity index (χ0n) is 12.1.